The maximum atomic E-state index is 5.09. The molecule has 1 aromatic heterocycles. The zero-order chi connectivity index (χ0) is 9.35. The van der Waals surface area contributed by atoms with E-state index in [-0.39, 0.29) is 0 Å². The van der Waals surface area contributed by atoms with E-state index in [9.17, 15) is 0 Å². The van der Waals surface area contributed by atoms with E-state index >= 15 is 0 Å². The maximum absolute atomic E-state index is 5.09. The fourth-order valence-corrected chi connectivity index (χ4v) is 1.28. The molecular formula is C10H17NO. The van der Waals surface area contributed by atoms with Crippen molar-refractivity contribution in [2.24, 2.45) is 5.41 Å². The van der Waals surface area contributed by atoms with E-state index in [0.717, 1.165) is 17.9 Å². The van der Waals surface area contributed by atoms with Gasteiger partial charge in [0.25, 0.3) is 0 Å². The van der Waals surface area contributed by atoms with Crippen molar-refractivity contribution in [1.29, 1.82) is 0 Å². The summed E-state index contributed by atoms with van der Waals surface area (Å²) in [5.41, 5.74) is 2.60. The molecule has 2 heteroatoms. The van der Waals surface area contributed by atoms with E-state index in [4.69, 9.17) is 4.52 Å². The third kappa shape index (κ3) is 2.10. The van der Waals surface area contributed by atoms with Gasteiger partial charge in [-0.05, 0) is 25.7 Å². The van der Waals surface area contributed by atoms with Gasteiger partial charge in [0, 0.05) is 5.56 Å². The maximum Gasteiger partial charge on any atom is 0.137 e. The minimum absolute atomic E-state index is 0.307. The molecule has 0 aliphatic heterocycles. The third-order valence-electron chi connectivity index (χ3n) is 1.89. The summed E-state index contributed by atoms with van der Waals surface area (Å²) in [6.07, 6.45) is 1.04. The monoisotopic (exact) mass is 167 g/mol. The van der Waals surface area contributed by atoms with Gasteiger partial charge in [-0.25, -0.2) is 0 Å². The Morgan fingerprint density at radius 2 is 1.83 bits per heavy atom. The number of aromatic nitrogens is 1. The van der Waals surface area contributed by atoms with Crippen LogP contribution in [0.4, 0.5) is 0 Å². The second kappa shape index (κ2) is 2.92. The van der Waals surface area contributed by atoms with Crippen molar-refractivity contribution in [3.05, 3.63) is 17.0 Å². The predicted octanol–water partition coefficient (Wildman–Crippen LogP) is 2.88. The Labute approximate surface area is 74.0 Å². The molecule has 0 aliphatic carbocycles. The second-order valence-corrected chi connectivity index (χ2v) is 4.54. The lowest BCUT2D eigenvalue weighted by molar-refractivity contribution is 0.383. The Morgan fingerprint density at radius 3 is 2.17 bits per heavy atom. The third-order valence-corrected chi connectivity index (χ3v) is 1.89. The van der Waals surface area contributed by atoms with Crippen molar-refractivity contribution in [2.75, 3.05) is 0 Å². The second-order valence-electron chi connectivity index (χ2n) is 4.54. The smallest absolute Gasteiger partial charge is 0.137 e. The Bertz CT molecular complexity index is 248. The topological polar surface area (TPSA) is 26.0 Å². The molecule has 1 aromatic rings. The van der Waals surface area contributed by atoms with Gasteiger partial charge in [0.2, 0.25) is 0 Å². The van der Waals surface area contributed by atoms with Gasteiger partial charge >= 0.3 is 0 Å². The molecule has 0 aliphatic rings. The SMILES string of the molecule is Cc1noc(C)c1CC(C)(C)C. The van der Waals surface area contributed by atoms with Gasteiger partial charge in [-0.15, -0.1) is 0 Å². The number of nitrogens with zero attached hydrogens (tertiary/aromatic N) is 1. The summed E-state index contributed by atoms with van der Waals surface area (Å²) in [5.74, 6) is 0.961. The van der Waals surface area contributed by atoms with Crippen molar-refractivity contribution in [3.63, 3.8) is 0 Å². The Balaban J connectivity index is 2.88. The first kappa shape index (κ1) is 9.30. The number of rotatable bonds is 1. The fourth-order valence-electron chi connectivity index (χ4n) is 1.28. The van der Waals surface area contributed by atoms with Crippen LogP contribution < -0.4 is 0 Å². The molecule has 0 unspecified atom stereocenters. The molecular weight excluding hydrogens is 150 g/mol. The molecule has 0 radical (unpaired) electrons. The van der Waals surface area contributed by atoms with Crippen LogP contribution in [0, 0.1) is 19.3 Å². The van der Waals surface area contributed by atoms with Gasteiger partial charge in [0.1, 0.15) is 5.76 Å². The summed E-state index contributed by atoms with van der Waals surface area (Å²) in [6, 6.07) is 0. The number of hydrogen-bond donors (Lipinski definition) is 0. The van der Waals surface area contributed by atoms with E-state index in [1.54, 1.807) is 0 Å². The summed E-state index contributed by atoms with van der Waals surface area (Å²) in [6.45, 7) is 10.6. The van der Waals surface area contributed by atoms with Crippen LogP contribution in [0.2, 0.25) is 0 Å². The highest BCUT2D eigenvalue weighted by Crippen LogP contribution is 2.24. The van der Waals surface area contributed by atoms with Gasteiger partial charge in [-0.1, -0.05) is 25.9 Å². The molecule has 0 atom stereocenters. The lowest BCUT2D eigenvalue weighted by Crippen LogP contribution is -2.10. The molecule has 0 amide bonds. The van der Waals surface area contributed by atoms with Gasteiger partial charge in [-0.3, -0.25) is 0 Å². The molecule has 12 heavy (non-hydrogen) atoms. The molecule has 0 saturated heterocycles. The highest BCUT2D eigenvalue weighted by atomic mass is 16.5. The molecule has 68 valence electrons. The first-order chi connectivity index (χ1) is 5.40. The van der Waals surface area contributed by atoms with Crippen LogP contribution >= 0.6 is 0 Å². The molecule has 2 nitrogen and oxygen atoms in total. The van der Waals surface area contributed by atoms with E-state index in [1.807, 2.05) is 13.8 Å². The van der Waals surface area contributed by atoms with Crippen LogP contribution in [-0.2, 0) is 6.42 Å². The highest BCUT2D eigenvalue weighted by molar-refractivity contribution is 5.21. The van der Waals surface area contributed by atoms with Crippen LogP contribution in [-0.4, -0.2) is 5.16 Å². The van der Waals surface area contributed by atoms with Crippen molar-refractivity contribution in [3.8, 4) is 0 Å². The fraction of sp³-hybridized carbons (Fsp3) is 0.700. The van der Waals surface area contributed by atoms with Gasteiger partial charge < -0.3 is 4.52 Å². The summed E-state index contributed by atoms with van der Waals surface area (Å²) < 4.78 is 5.09. The summed E-state index contributed by atoms with van der Waals surface area (Å²) >= 11 is 0. The quantitative estimate of drug-likeness (QED) is 0.642. The van der Waals surface area contributed by atoms with Crippen LogP contribution in [0.25, 0.3) is 0 Å². The molecule has 0 spiro atoms. The molecule has 0 bridgehead atoms. The lowest BCUT2D eigenvalue weighted by Gasteiger charge is -2.17. The zero-order valence-electron chi connectivity index (χ0n) is 8.56. The van der Waals surface area contributed by atoms with Crippen molar-refractivity contribution >= 4 is 0 Å². The standard InChI is InChI=1S/C10H17NO/c1-7-9(6-10(3,4)5)8(2)12-11-7/h6H2,1-5H3. The lowest BCUT2D eigenvalue weighted by atomic mass is 9.87. The molecule has 0 saturated carbocycles. The number of hydrogen-bond acceptors (Lipinski definition) is 2. The van der Waals surface area contributed by atoms with Crippen molar-refractivity contribution in [2.45, 2.75) is 41.0 Å². The van der Waals surface area contributed by atoms with Crippen LogP contribution in [0.3, 0.4) is 0 Å². The average molecular weight is 167 g/mol. The van der Waals surface area contributed by atoms with Crippen LogP contribution in [0.15, 0.2) is 4.52 Å². The Hall–Kier alpha value is -0.790. The molecule has 1 rings (SSSR count). The largest absolute Gasteiger partial charge is 0.361 e. The van der Waals surface area contributed by atoms with E-state index < -0.39 is 0 Å². The van der Waals surface area contributed by atoms with E-state index in [1.165, 1.54) is 5.56 Å². The van der Waals surface area contributed by atoms with Crippen LogP contribution in [0.1, 0.15) is 37.8 Å². The van der Waals surface area contributed by atoms with Gasteiger partial charge in [-0.2, -0.15) is 0 Å². The average Bonchev–Trinajstić information content (AvgIpc) is 2.16. The summed E-state index contributed by atoms with van der Waals surface area (Å²) in [5, 5.41) is 3.93. The van der Waals surface area contributed by atoms with Gasteiger partial charge in [0.05, 0.1) is 5.69 Å². The minimum Gasteiger partial charge on any atom is -0.361 e. The van der Waals surface area contributed by atoms with Crippen molar-refractivity contribution < 1.29 is 4.52 Å². The van der Waals surface area contributed by atoms with Gasteiger partial charge in [0.15, 0.2) is 0 Å². The van der Waals surface area contributed by atoms with Crippen molar-refractivity contribution in [1.82, 2.24) is 5.16 Å². The normalized spacial score (nSPS) is 12.1. The van der Waals surface area contributed by atoms with E-state index in [0.29, 0.717) is 5.41 Å². The first-order valence-electron chi connectivity index (χ1n) is 4.32. The number of aryl methyl sites for hydroxylation is 2. The summed E-state index contributed by atoms with van der Waals surface area (Å²) in [4.78, 5) is 0. The molecule has 1 heterocycles. The Morgan fingerprint density at radius 1 is 1.25 bits per heavy atom. The Kier molecular flexibility index (Phi) is 2.27. The highest BCUT2D eigenvalue weighted by Gasteiger charge is 2.17. The summed E-state index contributed by atoms with van der Waals surface area (Å²) in [7, 11) is 0. The van der Waals surface area contributed by atoms with E-state index in [2.05, 4.69) is 25.9 Å². The molecule has 0 fully saturated rings. The predicted molar refractivity (Wildman–Crippen MR) is 49.1 cm³/mol. The minimum atomic E-state index is 0.307. The van der Waals surface area contributed by atoms with Crippen LogP contribution in [0.5, 0.6) is 0 Å². The zero-order valence-corrected chi connectivity index (χ0v) is 8.56. The molecule has 0 N–H and O–H groups in total. The molecule has 0 aromatic carbocycles. The first-order valence-corrected chi connectivity index (χ1v) is 4.32.